The molecular formula is C10H13BrClNO2S. The molecule has 0 aliphatic rings. The predicted octanol–water partition coefficient (Wildman–Crippen LogP) is 3.07. The molecule has 0 aliphatic heterocycles. The van der Waals surface area contributed by atoms with Crippen LogP contribution in [0.15, 0.2) is 28.7 Å². The van der Waals surface area contributed by atoms with Gasteiger partial charge in [-0.2, -0.15) is 0 Å². The molecule has 6 heteroatoms. The molecule has 0 saturated heterocycles. The molecule has 0 amide bonds. The van der Waals surface area contributed by atoms with Crippen molar-refractivity contribution < 1.29 is 8.42 Å². The van der Waals surface area contributed by atoms with E-state index in [0.717, 1.165) is 4.47 Å². The van der Waals surface area contributed by atoms with Crippen LogP contribution in [0.25, 0.3) is 0 Å². The summed E-state index contributed by atoms with van der Waals surface area (Å²) in [6, 6.07) is 6.96. The van der Waals surface area contributed by atoms with Crippen LogP contribution in [0.1, 0.15) is 6.92 Å². The summed E-state index contributed by atoms with van der Waals surface area (Å²) in [4.78, 5) is 0. The quantitative estimate of drug-likeness (QED) is 0.845. The van der Waals surface area contributed by atoms with E-state index < -0.39 is 10.0 Å². The monoisotopic (exact) mass is 325 g/mol. The van der Waals surface area contributed by atoms with Crippen LogP contribution >= 0.6 is 27.5 Å². The van der Waals surface area contributed by atoms with Crippen LogP contribution in [0.2, 0.25) is 0 Å². The smallest absolute Gasteiger partial charge is 0.233 e. The van der Waals surface area contributed by atoms with Gasteiger partial charge in [0.25, 0.3) is 0 Å². The number of sulfonamides is 1. The highest BCUT2D eigenvalue weighted by molar-refractivity contribution is 9.10. The maximum atomic E-state index is 11.7. The van der Waals surface area contributed by atoms with Gasteiger partial charge in [-0.3, -0.25) is 4.72 Å². The maximum Gasteiger partial charge on any atom is 0.233 e. The molecule has 0 aliphatic carbocycles. The molecule has 1 atom stereocenters. The fourth-order valence-electron chi connectivity index (χ4n) is 1.16. The number of halogens is 2. The highest BCUT2D eigenvalue weighted by atomic mass is 79.9. The Balaban J connectivity index is 2.69. The van der Waals surface area contributed by atoms with Gasteiger partial charge in [0.2, 0.25) is 10.0 Å². The molecule has 1 rings (SSSR count). The first-order valence-electron chi connectivity index (χ1n) is 4.75. The number of nitrogens with one attached hydrogen (secondary N) is 1. The number of anilines is 1. The van der Waals surface area contributed by atoms with Gasteiger partial charge in [-0.25, -0.2) is 8.42 Å². The molecule has 1 unspecified atom stereocenters. The third-order valence-corrected chi connectivity index (χ3v) is 4.49. The van der Waals surface area contributed by atoms with Crippen LogP contribution in [0.4, 0.5) is 5.69 Å². The zero-order chi connectivity index (χ0) is 12.2. The van der Waals surface area contributed by atoms with Gasteiger partial charge >= 0.3 is 0 Å². The topological polar surface area (TPSA) is 46.2 Å². The van der Waals surface area contributed by atoms with Crippen LogP contribution in [0.5, 0.6) is 0 Å². The van der Waals surface area contributed by atoms with E-state index in [0.29, 0.717) is 11.6 Å². The zero-order valence-corrected chi connectivity index (χ0v) is 11.9. The van der Waals surface area contributed by atoms with Crippen molar-refractivity contribution in [1.82, 2.24) is 0 Å². The Bertz CT molecular complexity index is 433. The lowest BCUT2D eigenvalue weighted by Gasteiger charge is -2.11. The molecule has 0 aromatic heterocycles. The normalized spacial score (nSPS) is 13.4. The lowest BCUT2D eigenvalue weighted by molar-refractivity contribution is 0.588. The fourth-order valence-corrected chi connectivity index (χ4v) is 3.11. The van der Waals surface area contributed by atoms with E-state index in [1.807, 2.05) is 0 Å². The Morgan fingerprint density at radius 1 is 1.38 bits per heavy atom. The summed E-state index contributed by atoms with van der Waals surface area (Å²) in [5, 5.41) is 0. The van der Waals surface area contributed by atoms with E-state index in [-0.39, 0.29) is 11.7 Å². The summed E-state index contributed by atoms with van der Waals surface area (Å²) in [6.45, 7) is 1.80. The van der Waals surface area contributed by atoms with E-state index in [9.17, 15) is 8.42 Å². The summed E-state index contributed by atoms with van der Waals surface area (Å²) in [5.74, 6) is 0.308. The van der Waals surface area contributed by atoms with Crippen LogP contribution in [0, 0.1) is 5.92 Å². The van der Waals surface area contributed by atoms with E-state index >= 15 is 0 Å². The van der Waals surface area contributed by atoms with Gasteiger partial charge in [-0.05, 0) is 30.2 Å². The highest BCUT2D eigenvalue weighted by Crippen LogP contribution is 2.16. The first kappa shape index (κ1) is 13.8. The number of benzene rings is 1. The van der Waals surface area contributed by atoms with Gasteiger partial charge in [0.05, 0.1) is 5.75 Å². The number of alkyl halides is 1. The number of hydrogen-bond acceptors (Lipinski definition) is 2. The van der Waals surface area contributed by atoms with Crippen molar-refractivity contribution in [3.63, 3.8) is 0 Å². The first-order chi connectivity index (χ1) is 7.43. The summed E-state index contributed by atoms with van der Waals surface area (Å²) in [5.41, 5.74) is 0.560. The molecule has 90 valence electrons. The molecule has 0 radical (unpaired) electrons. The molecule has 0 bridgehead atoms. The molecular weight excluding hydrogens is 314 g/mol. The Labute approximate surface area is 109 Å². The predicted molar refractivity (Wildman–Crippen MR) is 71.4 cm³/mol. The Kier molecular flexibility index (Phi) is 5.08. The molecule has 3 nitrogen and oxygen atoms in total. The van der Waals surface area contributed by atoms with Gasteiger partial charge in [-0.15, -0.1) is 11.6 Å². The third kappa shape index (κ3) is 4.72. The molecule has 16 heavy (non-hydrogen) atoms. The Hall–Kier alpha value is -0.260. The second kappa shape index (κ2) is 5.89. The number of hydrogen-bond donors (Lipinski definition) is 1. The van der Waals surface area contributed by atoms with Crippen molar-refractivity contribution in [2.24, 2.45) is 5.92 Å². The minimum atomic E-state index is -3.31. The Morgan fingerprint density at radius 2 is 1.94 bits per heavy atom. The van der Waals surface area contributed by atoms with E-state index in [4.69, 9.17) is 11.6 Å². The van der Waals surface area contributed by atoms with Gasteiger partial charge in [0, 0.05) is 16.0 Å². The standard InChI is InChI=1S/C10H13BrClNO2S/c1-8(6-12)7-16(14,15)13-10-4-2-9(11)3-5-10/h2-5,8,13H,6-7H2,1H3. The zero-order valence-electron chi connectivity index (χ0n) is 8.78. The minimum absolute atomic E-state index is 0.0343. The van der Waals surface area contributed by atoms with Gasteiger partial charge in [-0.1, -0.05) is 22.9 Å². The third-order valence-electron chi connectivity index (χ3n) is 1.88. The average Bonchev–Trinajstić information content (AvgIpc) is 2.20. The lowest BCUT2D eigenvalue weighted by Crippen LogP contribution is -2.22. The van der Waals surface area contributed by atoms with Crippen LogP contribution in [-0.2, 0) is 10.0 Å². The molecule has 1 aromatic rings. The summed E-state index contributed by atoms with van der Waals surface area (Å²) in [6.07, 6.45) is 0. The second-order valence-corrected chi connectivity index (χ2v) is 6.64. The van der Waals surface area contributed by atoms with Gasteiger partial charge in [0.15, 0.2) is 0 Å². The molecule has 0 fully saturated rings. The molecule has 1 N–H and O–H groups in total. The van der Waals surface area contributed by atoms with Gasteiger partial charge < -0.3 is 0 Å². The first-order valence-corrected chi connectivity index (χ1v) is 7.73. The minimum Gasteiger partial charge on any atom is -0.284 e. The Morgan fingerprint density at radius 3 is 2.44 bits per heavy atom. The van der Waals surface area contributed by atoms with E-state index in [1.165, 1.54) is 0 Å². The van der Waals surface area contributed by atoms with E-state index in [1.54, 1.807) is 31.2 Å². The summed E-state index contributed by atoms with van der Waals surface area (Å²) < 4.78 is 26.8. The molecule has 0 heterocycles. The van der Waals surface area contributed by atoms with Crippen LogP contribution in [-0.4, -0.2) is 20.1 Å². The van der Waals surface area contributed by atoms with Crippen molar-refractivity contribution in [2.75, 3.05) is 16.4 Å². The molecule has 0 spiro atoms. The fraction of sp³-hybridized carbons (Fsp3) is 0.400. The van der Waals surface area contributed by atoms with Crippen molar-refractivity contribution in [2.45, 2.75) is 6.92 Å². The lowest BCUT2D eigenvalue weighted by atomic mass is 10.3. The van der Waals surface area contributed by atoms with Crippen molar-refractivity contribution in [3.8, 4) is 0 Å². The van der Waals surface area contributed by atoms with Gasteiger partial charge in [0.1, 0.15) is 0 Å². The summed E-state index contributed by atoms with van der Waals surface area (Å²) >= 11 is 8.87. The largest absolute Gasteiger partial charge is 0.284 e. The van der Waals surface area contributed by atoms with Crippen molar-refractivity contribution >= 4 is 43.2 Å². The van der Waals surface area contributed by atoms with Crippen molar-refractivity contribution in [3.05, 3.63) is 28.7 Å². The SMILES string of the molecule is CC(CCl)CS(=O)(=O)Nc1ccc(Br)cc1. The maximum absolute atomic E-state index is 11.7. The molecule has 0 saturated carbocycles. The van der Waals surface area contributed by atoms with E-state index in [2.05, 4.69) is 20.7 Å². The molecule has 1 aromatic carbocycles. The van der Waals surface area contributed by atoms with Crippen LogP contribution in [0.3, 0.4) is 0 Å². The second-order valence-electron chi connectivity index (χ2n) is 3.65. The summed E-state index contributed by atoms with van der Waals surface area (Å²) in [7, 11) is -3.31. The number of rotatable bonds is 5. The average molecular weight is 327 g/mol. The van der Waals surface area contributed by atoms with Crippen molar-refractivity contribution in [1.29, 1.82) is 0 Å². The van der Waals surface area contributed by atoms with Crippen LogP contribution < -0.4 is 4.72 Å². The highest BCUT2D eigenvalue weighted by Gasteiger charge is 2.14.